The number of rotatable bonds is 5. The Balaban J connectivity index is 2.20. The van der Waals surface area contributed by atoms with Crippen LogP contribution in [0.5, 0.6) is 0 Å². The number of carbonyl (C=O) groups is 1. The van der Waals surface area contributed by atoms with Crippen LogP contribution in [0, 0.1) is 6.92 Å². The third-order valence-electron chi connectivity index (χ3n) is 2.73. The quantitative estimate of drug-likeness (QED) is 0.848. The van der Waals surface area contributed by atoms with Crippen LogP contribution in [0.1, 0.15) is 21.9 Å². The summed E-state index contributed by atoms with van der Waals surface area (Å²) in [6.07, 6.45) is 1.22. The standard InChI is InChI=1S/C11H12ClN3O5S/c1-6-8(11(16)17)3-7(20-6)4-14-21(18,19)10-9(12)5-13-15(10)2/h3,5,14H,4H2,1-2H3,(H,16,17). The molecule has 2 aromatic rings. The molecule has 0 fully saturated rings. The SMILES string of the molecule is Cc1oc(CNS(=O)(=O)c2c(Cl)cnn2C)cc1C(=O)O. The number of aromatic nitrogens is 2. The summed E-state index contributed by atoms with van der Waals surface area (Å²) in [5.41, 5.74) is -0.0113. The molecule has 0 unspecified atom stereocenters. The highest BCUT2D eigenvalue weighted by atomic mass is 35.5. The molecule has 114 valence electrons. The van der Waals surface area contributed by atoms with E-state index >= 15 is 0 Å². The molecule has 2 aromatic heterocycles. The van der Waals surface area contributed by atoms with Gasteiger partial charge in [-0.25, -0.2) is 17.9 Å². The number of carboxylic acids is 1. The van der Waals surface area contributed by atoms with Gasteiger partial charge in [-0.2, -0.15) is 5.10 Å². The zero-order valence-electron chi connectivity index (χ0n) is 11.1. The molecule has 8 nitrogen and oxygen atoms in total. The third kappa shape index (κ3) is 3.09. The number of hydrogen-bond donors (Lipinski definition) is 2. The first-order valence-corrected chi connectivity index (χ1v) is 7.58. The van der Waals surface area contributed by atoms with Crippen molar-refractivity contribution in [2.45, 2.75) is 18.5 Å². The number of aromatic carboxylic acids is 1. The van der Waals surface area contributed by atoms with Crippen molar-refractivity contribution in [3.63, 3.8) is 0 Å². The maximum absolute atomic E-state index is 12.1. The average molecular weight is 334 g/mol. The van der Waals surface area contributed by atoms with Crippen LogP contribution in [0.2, 0.25) is 5.02 Å². The molecule has 0 spiro atoms. The van der Waals surface area contributed by atoms with Crippen molar-refractivity contribution in [3.8, 4) is 0 Å². The molecule has 0 saturated carbocycles. The van der Waals surface area contributed by atoms with Crippen LogP contribution in [0.4, 0.5) is 0 Å². The van der Waals surface area contributed by atoms with Gasteiger partial charge in [-0.3, -0.25) is 4.68 Å². The van der Waals surface area contributed by atoms with Gasteiger partial charge in [0.15, 0.2) is 5.03 Å². The second-order valence-corrected chi connectivity index (χ2v) is 6.32. The predicted octanol–water partition coefficient (Wildman–Crippen LogP) is 1.15. The van der Waals surface area contributed by atoms with Crippen molar-refractivity contribution >= 4 is 27.6 Å². The molecule has 0 atom stereocenters. The van der Waals surface area contributed by atoms with E-state index in [0.717, 1.165) is 4.68 Å². The monoisotopic (exact) mass is 333 g/mol. The zero-order chi connectivity index (χ0) is 15.8. The van der Waals surface area contributed by atoms with Crippen molar-refractivity contribution in [3.05, 3.63) is 34.4 Å². The lowest BCUT2D eigenvalue weighted by Crippen LogP contribution is -2.25. The molecule has 0 aliphatic rings. The highest BCUT2D eigenvalue weighted by Gasteiger charge is 2.23. The van der Waals surface area contributed by atoms with Crippen LogP contribution in [0.3, 0.4) is 0 Å². The lowest BCUT2D eigenvalue weighted by atomic mass is 10.2. The van der Waals surface area contributed by atoms with Gasteiger partial charge in [0, 0.05) is 7.05 Å². The summed E-state index contributed by atoms with van der Waals surface area (Å²) in [4.78, 5) is 10.9. The van der Waals surface area contributed by atoms with E-state index < -0.39 is 16.0 Å². The topological polar surface area (TPSA) is 114 Å². The first-order chi connectivity index (χ1) is 9.72. The minimum absolute atomic E-state index is 0.00755. The van der Waals surface area contributed by atoms with Crippen LogP contribution in [0.25, 0.3) is 0 Å². The van der Waals surface area contributed by atoms with E-state index in [1.807, 2.05) is 0 Å². The number of sulfonamides is 1. The van der Waals surface area contributed by atoms with Gasteiger partial charge in [0.2, 0.25) is 0 Å². The first-order valence-electron chi connectivity index (χ1n) is 5.72. The van der Waals surface area contributed by atoms with Gasteiger partial charge >= 0.3 is 5.97 Å². The van der Waals surface area contributed by atoms with Crippen LogP contribution in [-0.4, -0.2) is 29.3 Å². The van der Waals surface area contributed by atoms with E-state index in [2.05, 4.69) is 9.82 Å². The molecular formula is C11H12ClN3O5S. The minimum atomic E-state index is -3.89. The molecule has 0 amide bonds. The molecule has 2 heterocycles. The summed E-state index contributed by atoms with van der Waals surface area (Å²) in [7, 11) is -2.44. The van der Waals surface area contributed by atoms with Crippen molar-refractivity contribution in [2.75, 3.05) is 0 Å². The van der Waals surface area contributed by atoms with Crippen LogP contribution in [-0.2, 0) is 23.6 Å². The minimum Gasteiger partial charge on any atom is -0.478 e. The molecule has 0 saturated heterocycles. The van der Waals surface area contributed by atoms with Crippen LogP contribution < -0.4 is 4.72 Å². The van der Waals surface area contributed by atoms with E-state index in [1.54, 1.807) is 0 Å². The fourth-order valence-corrected chi connectivity index (χ4v) is 3.42. The highest BCUT2D eigenvalue weighted by molar-refractivity contribution is 7.89. The Bertz CT molecular complexity index is 773. The molecule has 21 heavy (non-hydrogen) atoms. The Morgan fingerprint density at radius 3 is 2.71 bits per heavy atom. The first kappa shape index (κ1) is 15.5. The lowest BCUT2D eigenvalue weighted by Gasteiger charge is -2.05. The fraction of sp³-hybridized carbons (Fsp3) is 0.273. The molecule has 10 heteroatoms. The van der Waals surface area contributed by atoms with Crippen LogP contribution in [0.15, 0.2) is 21.7 Å². The van der Waals surface area contributed by atoms with Gasteiger partial charge in [-0.15, -0.1) is 0 Å². The zero-order valence-corrected chi connectivity index (χ0v) is 12.7. The Kier molecular flexibility index (Phi) is 4.08. The van der Waals surface area contributed by atoms with E-state index in [4.69, 9.17) is 21.1 Å². The van der Waals surface area contributed by atoms with Gasteiger partial charge in [0.05, 0.1) is 17.8 Å². The highest BCUT2D eigenvalue weighted by Crippen LogP contribution is 2.20. The van der Waals surface area contributed by atoms with E-state index in [0.29, 0.717) is 0 Å². The van der Waals surface area contributed by atoms with Gasteiger partial charge in [0.25, 0.3) is 10.0 Å². The summed E-state index contributed by atoms with van der Waals surface area (Å²) >= 11 is 5.78. The van der Waals surface area contributed by atoms with Gasteiger partial charge in [-0.1, -0.05) is 11.6 Å². The second kappa shape index (κ2) is 5.51. The summed E-state index contributed by atoms with van der Waals surface area (Å²) in [5, 5.41) is 12.5. The number of hydrogen-bond acceptors (Lipinski definition) is 5. The summed E-state index contributed by atoms with van der Waals surface area (Å²) in [6.45, 7) is 1.29. The maximum atomic E-state index is 12.1. The third-order valence-corrected chi connectivity index (χ3v) is 4.64. The predicted molar refractivity (Wildman–Crippen MR) is 72.6 cm³/mol. The Morgan fingerprint density at radius 2 is 2.24 bits per heavy atom. The normalized spacial score (nSPS) is 11.8. The molecule has 2 rings (SSSR count). The number of aryl methyl sites for hydroxylation is 2. The van der Waals surface area contributed by atoms with E-state index in [-0.39, 0.29) is 33.7 Å². The van der Waals surface area contributed by atoms with Crippen molar-refractivity contribution in [2.24, 2.45) is 7.05 Å². The summed E-state index contributed by atoms with van der Waals surface area (Å²) < 4.78 is 32.8. The van der Waals surface area contributed by atoms with Gasteiger partial charge < -0.3 is 9.52 Å². The maximum Gasteiger partial charge on any atom is 0.339 e. The Morgan fingerprint density at radius 1 is 1.57 bits per heavy atom. The Hall–Kier alpha value is -1.84. The van der Waals surface area contributed by atoms with Crippen molar-refractivity contribution in [1.29, 1.82) is 0 Å². The molecule has 2 N–H and O–H groups in total. The van der Waals surface area contributed by atoms with E-state index in [1.165, 1.54) is 26.2 Å². The van der Waals surface area contributed by atoms with Crippen LogP contribution >= 0.6 is 11.6 Å². The second-order valence-electron chi connectivity index (χ2n) is 4.23. The van der Waals surface area contributed by atoms with Crippen molar-refractivity contribution in [1.82, 2.24) is 14.5 Å². The molecule has 0 aliphatic heterocycles. The molecule has 0 aliphatic carbocycles. The summed E-state index contributed by atoms with van der Waals surface area (Å²) in [5.74, 6) is -0.748. The van der Waals surface area contributed by atoms with Gasteiger partial charge in [-0.05, 0) is 13.0 Å². The summed E-state index contributed by atoms with van der Waals surface area (Å²) in [6, 6.07) is 1.27. The number of nitrogens with zero attached hydrogens (tertiary/aromatic N) is 2. The number of halogens is 1. The van der Waals surface area contributed by atoms with Gasteiger partial charge in [0.1, 0.15) is 17.1 Å². The molecule has 0 radical (unpaired) electrons. The van der Waals surface area contributed by atoms with Crippen molar-refractivity contribution < 1.29 is 22.7 Å². The largest absolute Gasteiger partial charge is 0.478 e. The van der Waals surface area contributed by atoms with E-state index in [9.17, 15) is 13.2 Å². The molecule has 0 bridgehead atoms. The molecule has 0 aromatic carbocycles. The average Bonchev–Trinajstić information content (AvgIpc) is 2.91. The fourth-order valence-electron chi connectivity index (χ4n) is 1.78. The number of nitrogens with one attached hydrogen (secondary N) is 1. The Labute approximate surface area is 125 Å². The molecular weight excluding hydrogens is 322 g/mol. The lowest BCUT2D eigenvalue weighted by molar-refractivity contribution is 0.0695. The smallest absolute Gasteiger partial charge is 0.339 e. The number of carboxylic acid groups (broad SMARTS) is 1. The number of furan rings is 1.